The van der Waals surface area contributed by atoms with Crippen LogP contribution in [0.1, 0.15) is 51.6 Å². The first-order valence-corrected chi connectivity index (χ1v) is 11.8. The molecule has 1 fully saturated rings. The van der Waals surface area contributed by atoms with Crippen LogP contribution >= 0.6 is 0 Å². The molecule has 1 saturated heterocycles. The summed E-state index contributed by atoms with van der Waals surface area (Å²) in [6.45, 7) is 15.3. The molecule has 8 heteroatoms. The van der Waals surface area contributed by atoms with Crippen molar-refractivity contribution in [2.75, 3.05) is 50.0 Å². The van der Waals surface area contributed by atoms with Crippen molar-refractivity contribution in [1.29, 1.82) is 5.26 Å². The van der Waals surface area contributed by atoms with Crippen LogP contribution in [-0.4, -0.2) is 60.5 Å². The number of amides is 1. The van der Waals surface area contributed by atoms with Gasteiger partial charge in [0.25, 0.3) is 0 Å². The Morgan fingerprint density at radius 3 is 2.32 bits per heavy atom. The van der Waals surface area contributed by atoms with Gasteiger partial charge in [0.1, 0.15) is 11.9 Å². The highest BCUT2D eigenvalue weighted by Gasteiger charge is 2.30. The van der Waals surface area contributed by atoms with Crippen LogP contribution in [0.4, 0.5) is 11.5 Å². The van der Waals surface area contributed by atoms with Gasteiger partial charge in [-0.05, 0) is 44.0 Å². The first-order valence-electron chi connectivity index (χ1n) is 11.8. The van der Waals surface area contributed by atoms with Gasteiger partial charge in [-0.15, -0.1) is 0 Å². The second kappa shape index (κ2) is 10.4. The summed E-state index contributed by atoms with van der Waals surface area (Å²) in [6, 6.07) is 10.3. The predicted octanol–water partition coefficient (Wildman–Crippen LogP) is 3.15. The number of hydrogen-bond donors (Lipinski definition) is 2. The van der Waals surface area contributed by atoms with Gasteiger partial charge in [0.15, 0.2) is 0 Å². The Morgan fingerprint density at radius 1 is 1.09 bits per heavy atom. The summed E-state index contributed by atoms with van der Waals surface area (Å²) in [4.78, 5) is 26.3. The van der Waals surface area contributed by atoms with Crippen LogP contribution in [0.2, 0.25) is 0 Å². The summed E-state index contributed by atoms with van der Waals surface area (Å²) in [5, 5.41) is 15.5. The summed E-state index contributed by atoms with van der Waals surface area (Å²) in [5.74, 6) is 0.606. The van der Waals surface area contributed by atoms with Crippen LogP contribution in [0, 0.1) is 16.7 Å². The summed E-state index contributed by atoms with van der Waals surface area (Å²) in [5.41, 5.74) is 2.24. The minimum atomic E-state index is -0.701. The monoisotopic (exact) mass is 463 g/mol. The molecule has 1 aromatic heterocycles. The lowest BCUT2D eigenvalue weighted by Crippen LogP contribution is -2.44. The molecular formula is C26H37N7O. The molecule has 0 atom stereocenters. The summed E-state index contributed by atoms with van der Waals surface area (Å²) < 4.78 is 0. The zero-order valence-corrected chi connectivity index (χ0v) is 21.3. The summed E-state index contributed by atoms with van der Waals surface area (Å²) >= 11 is 0. The molecule has 1 amide bonds. The molecule has 2 aromatic rings. The van der Waals surface area contributed by atoms with Gasteiger partial charge in [-0.25, -0.2) is 9.97 Å². The zero-order valence-electron chi connectivity index (χ0n) is 21.3. The Hall–Kier alpha value is -3.18. The van der Waals surface area contributed by atoms with Crippen LogP contribution in [-0.2, 0) is 16.8 Å². The van der Waals surface area contributed by atoms with E-state index >= 15 is 0 Å². The Morgan fingerprint density at radius 2 is 1.74 bits per heavy atom. The van der Waals surface area contributed by atoms with Crippen LogP contribution in [0.25, 0.3) is 0 Å². The third-order valence-electron chi connectivity index (χ3n) is 6.22. The first kappa shape index (κ1) is 25.4. The molecule has 0 saturated carbocycles. The fourth-order valence-corrected chi connectivity index (χ4v) is 3.77. The average Bonchev–Trinajstić information content (AvgIpc) is 2.81. The number of likely N-dealkylation sites (N-methyl/N-ethyl adjacent to an activating group) is 1. The SMILES string of the molecule is CN1CCN(c2ccc(C(C)(C)C(=O)NCc3cnc(C#N)nc3NCC(C)(C)C)cc2)CC1. The molecule has 0 bridgehead atoms. The number of carbonyl (C=O) groups is 1. The van der Waals surface area contributed by atoms with Gasteiger partial charge < -0.3 is 20.4 Å². The van der Waals surface area contributed by atoms with Gasteiger partial charge in [0.2, 0.25) is 11.7 Å². The molecule has 2 N–H and O–H groups in total. The van der Waals surface area contributed by atoms with E-state index in [4.69, 9.17) is 5.26 Å². The molecule has 0 spiro atoms. The number of benzene rings is 1. The lowest BCUT2D eigenvalue weighted by Gasteiger charge is -2.34. The van der Waals surface area contributed by atoms with E-state index in [2.05, 4.69) is 70.4 Å². The highest BCUT2D eigenvalue weighted by molar-refractivity contribution is 5.87. The number of rotatable bonds is 7. The molecular weight excluding hydrogens is 426 g/mol. The molecule has 34 heavy (non-hydrogen) atoms. The molecule has 182 valence electrons. The third-order valence-corrected chi connectivity index (χ3v) is 6.22. The Bertz CT molecular complexity index is 1030. The van der Waals surface area contributed by atoms with Crippen molar-refractivity contribution in [3.63, 3.8) is 0 Å². The molecule has 1 aromatic carbocycles. The van der Waals surface area contributed by atoms with Gasteiger partial charge in [-0.2, -0.15) is 5.26 Å². The fraction of sp³-hybridized carbons (Fsp3) is 0.538. The molecule has 1 aliphatic heterocycles. The van der Waals surface area contributed by atoms with E-state index in [-0.39, 0.29) is 23.7 Å². The number of hydrogen-bond acceptors (Lipinski definition) is 7. The number of anilines is 2. The smallest absolute Gasteiger partial charge is 0.234 e. The van der Waals surface area contributed by atoms with Crippen molar-refractivity contribution in [3.05, 3.63) is 47.4 Å². The Balaban J connectivity index is 1.67. The van der Waals surface area contributed by atoms with E-state index in [0.717, 1.165) is 37.3 Å². The quantitative estimate of drug-likeness (QED) is 0.651. The van der Waals surface area contributed by atoms with Crippen molar-refractivity contribution < 1.29 is 4.79 Å². The highest BCUT2D eigenvalue weighted by atomic mass is 16.2. The lowest BCUT2D eigenvalue weighted by molar-refractivity contribution is -0.125. The zero-order chi connectivity index (χ0) is 24.9. The van der Waals surface area contributed by atoms with Crippen LogP contribution in [0.15, 0.2) is 30.5 Å². The standard InChI is InChI=1S/C26H37N7O/c1-25(2,3)18-30-23-19(16-28-22(15-27)31-23)17-29-24(34)26(4,5)20-7-9-21(10-8-20)33-13-11-32(6)12-14-33/h7-10,16H,11-14,17-18H2,1-6H3,(H,29,34)(H,28,30,31). The average molecular weight is 464 g/mol. The number of carbonyl (C=O) groups excluding carboxylic acids is 1. The van der Waals surface area contributed by atoms with Gasteiger partial charge in [0, 0.05) is 56.7 Å². The lowest BCUT2D eigenvalue weighted by atomic mass is 9.83. The van der Waals surface area contributed by atoms with Crippen molar-refractivity contribution in [1.82, 2.24) is 20.2 Å². The second-order valence-corrected chi connectivity index (χ2v) is 10.7. The molecule has 0 aliphatic carbocycles. The number of nitrogens with one attached hydrogen (secondary N) is 2. The molecule has 3 rings (SSSR count). The maximum absolute atomic E-state index is 13.2. The van der Waals surface area contributed by atoms with Crippen molar-refractivity contribution >= 4 is 17.4 Å². The van der Waals surface area contributed by atoms with E-state index in [1.165, 1.54) is 5.69 Å². The molecule has 2 heterocycles. The number of nitrogens with zero attached hydrogens (tertiary/aromatic N) is 5. The molecule has 1 aliphatic rings. The maximum Gasteiger partial charge on any atom is 0.234 e. The molecule has 0 unspecified atom stereocenters. The minimum Gasteiger partial charge on any atom is -0.369 e. The van der Waals surface area contributed by atoms with Gasteiger partial charge in [-0.1, -0.05) is 32.9 Å². The van der Waals surface area contributed by atoms with Gasteiger partial charge in [-0.3, -0.25) is 4.79 Å². The largest absolute Gasteiger partial charge is 0.369 e. The van der Waals surface area contributed by atoms with Crippen LogP contribution in [0.3, 0.4) is 0 Å². The number of aromatic nitrogens is 2. The highest BCUT2D eigenvalue weighted by Crippen LogP contribution is 2.27. The maximum atomic E-state index is 13.2. The first-order chi connectivity index (χ1) is 16.0. The van der Waals surface area contributed by atoms with E-state index in [1.54, 1.807) is 6.20 Å². The predicted molar refractivity (Wildman–Crippen MR) is 136 cm³/mol. The van der Waals surface area contributed by atoms with E-state index in [1.807, 2.05) is 32.0 Å². The topological polar surface area (TPSA) is 97.2 Å². The summed E-state index contributed by atoms with van der Waals surface area (Å²) in [6.07, 6.45) is 1.61. The van der Waals surface area contributed by atoms with Crippen LogP contribution in [0.5, 0.6) is 0 Å². The van der Waals surface area contributed by atoms with Gasteiger partial charge in [0.05, 0.1) is 5.41 Å². The van der Waals surface area contributed by atoms with E-state index in [0.29, 0.717) is 12.4 Å². The second-order valence-electron chi connectivity index (χ2n) is 10.7. The van der Waals surface area contributed by atoms with E-state index in [9.17, 15) is 4.79 Å². The normalized spacial score (nSPS) is 15.0. The van der Waals surface area contributed by atoms with E-state index < -0.39 is 5.41 Å². The Kier molecular flexibility index (Phi) is 7.78. The van der Waals surface area contributed by atoms with Crippen molar-refractivity contribution in [3.8, 4) is 6.07 Å². The molecule has 0 radical (unpaired) electrons. The van der Waals surface area contributed by atoms with Crippen LogP contribution < -0.4 is 15.5 Å². The fourth-order valence-electron chi connectivity index (χ4n) is 3.77. The third kappa shape index (κ3) is 6.45. The number of nitriles is 1. The minimum absolute atomic E-state index is 0.0382. The number of piperazine rings is 1. The Labute approximate surface area is 203 Å². The van der Waals surface area contributed by atoms with Crippen molar-refractivity contribution in [2.24, 2.45) is 5.41 Å². The van der Waals surface area contributed by atoms with Gasteiger partial charge >= 0.3 is 0 Å². The summed E-state index contributed by atoms with van der Waals surface area (Å²) in [7, 11) is 2.15. The molecule has 8 nitrogen and oxygen atoms in total. The van der Waals surface area contributed by atoms with Crippen molar-refractivity contribution in [2.45, 2.75) is 46.6 Å².